The molecule has 13 heteroatoms. The van der Waals surface area contributed by atoms with Crippen molar-refractivity contribution in [3.8, 4) is 0 Å². The number of nitrogens with zero attached hydrogens (tertiary/aromatic N) is 2. The first-order valence-corrected chi connectivity index (χ1v) is 12.9. The zero-order chi connectivity index (χ0) is 28.0. The average molecular weight is 545 g/mol. The molecule has 37 heavy (non-hydrogen) atoms. The van der Waals surface area contributed by atoms with E-state index in [1.807, 2.05) is 18.2 Å². The quantitative estimate of drug-likeness (QED) is 0.510. The molecule has 2 aromatic rings. The molecule has 2 aromatic carbocycles. The van der Waals surface area contributed by atoms with Crippen LogP contribution in [0.2, 0.25) is 0 Å². The Morgan fingerprint density at radius 1 is 1.05 bits per heavy atom. The molecule has 0 aliphatic carbocycles. The Kier molecular flexibility index (Phi) is 9.93. The zero-order valence-corrected chi connectivity index (χ0v) is 21.8. The standard InChI is InChI=1S/C22H30N4O3S.C2HF3O2/c1-16(2)17-5-8-19(9-6-17)30(28,29)24-20-15-18(22(27)25(3)4)7-10-21(20)26-13-11-23-12-14-26;3-2(4,5)1(6)7/h5-10,15-16,23-24H,11-14H2,1-4H3;(H,6,7). The van der Waals surface area contributed by atoms with Crippen molar-refractivity contribution in [1.82, 2.24) is 10.2 Å². The lowest BCUT2D eigenvalue weighted by Crippen LogP contribution is -2.43. The Labute approximate surface area is 214 Å². The van der Waals surface area contributed by atoms with E-state index in [0.29, 0.717) is 17.2 Å². The second-order valence-electron chi connectivity index (χ2n) is 8.80. The molecule has 1 saturated heterocycles. The highest BCUT2D eigenvalue weighted by atomic mass is 32.2. The molecular weight excluding hydrogens is 513 g/mol. The van der Waals surface area contributed by atoms with E-state index >= 15 is 0 Å². The Morgan fingerprint density at radius 3 is 2.05 bits per heavy atom. The van der Waals surface area contributed by atoms with Crippen molar-refractivity contribution in [2.24, 2.45) is 0 Å². The van der Waals surface area contributed by atoms with Crippen molar-refractivity contribution in [3.63, 3.8) is 0 Å². The lowest BCUT2D eigenvalue weighted by atomic mass is 10.0. The van der Waals surface area contributed by atoms with Crippen LogP contribution in [0.3, 0.4) is 0 Å². The van der Waals surface area contributed by atoms with E-state index < -0.39 is 22.2 Å². The van der Waals surface area contributed by atoms with Gasteiger partial charge in [-0.2, -0.15) is 13.2 Å². The summed E-state index contributed by atoms with van der Waals surface area (Å²) >= 11 is 0. The van der Waals surface area contributed by atoms with E-state index in [-0.39, 0.29) is 10.8 Å². The topological polar surface area (TPSA) is 119 Å². The summed E-state index contributed by atoms with van der Waals surface area (Å²) in [4.78, 5) is 25.1. The van der Waals surface area contributed by atoms with Crippen LogP contribution < -0.4 is 14.9 Å². The van der Waals surface area contributed by atoms with Crippen LogP contribution in [0.4, 0.5) is 24.5 Å². The fourth-order valence-electron chi connectivity index (χ4n) is 3.43. The summed E-state index contributed by atoms with van der Waals surface area (Å²) in [7, 11) is -0.450. The molecule has 0 saturated carbocycles. The van der Waals surface area contributed by atoms with Gasteiger partial charge in [-0.1, -0.05) is 26.0 Å². The molecule has 1 amide bonds. The average Bonchev–Trinajstić information content (AvgIpc) is 2.83. The number of halogens is 3. The van der Waals surface area contributed by atoms with E-state index in [4.69, 9.17) is 9.90 Å². The number of aliphatic carboxylic acids is 1. The van der Waals surface area contributed by atoms with Gasteiger partial charge in [0.15, 0.2) is 0 Å². The predicted octanol–water partition coefficient (Wildman–Crippen LogP) is 3.36. The number of anilines is 2. The maximum atomic E-state index is 13.1. The lowest BCUT2D eigenvalue weighted by Gasteiger charge is -2.31. The van der Waals surface area contributed by atoms with E-state index in [1.54, 1.807) is 38.4 Å². The van der Waals surface area contributed by atoms with Crippen molar-refractivity contribution in [2.45, 2.75) is 30.8 Å². The summed E-state index contributed by atoms with van der Waals surface area (Å²) in [5.41, 5.74) is 2.70. The molecule has 1 fully saturated rings. The molecule has 0 bridgehead atoms. The second-order valence-corrected chi connectivity index (χ2v) is 10.5. The minimum Gasteiger partial charge on any atom is -0.475 e. The minimum atomic E-state index is -5.08. The van der Waals surface area contributed by atoms with Crippen LogP contribution in [-0.4, -0.2) is 76.8 Å². The summed E-state index contributed by atoms with van der Waals surface area (Å²) in [6.07, 6.45) is -5.08. The molecule has 0 aromatic heterocycles. The SMILES string of the molecule is CC(C)c1ccc(S(=O)(=O)Nc2cc(C(=O)N(C)C)ccc2N2CCNCC2)cc1.O=C(O)C(F)(F)F. The van der Waals surface area contributed by atoms with Gasteiger partial charge < -0.3 is 20.2 Å². The number of carboxylic acids is 1. The van der Waals surface area contributed by atoms with E-state index in [2.05, 4.69) is 28.8 Å². The van der Waals surface area contributed by atoms with Crippen molar-refractivity contribution in [1.29, 1.82) is 0 Å². The van der Waals surface area contributed by atoms with E-state index in [0.717, 1.165) is 37.4 Å². The molecule has 204 valence electrons. The molecular formula is C24H31F3N4O5S. The normalized spacial score (nSPS) is 14.0. The number of nitrogens with one attached hydrogen (secondary N) is 2. The van der Waals surface area contributed by atoms with Crippen LogP contribution in [0.1, 0.15) is 35.7 Å². The van der Waals surface area contributed by atoms with E-state index in [1.165, 1.54) is 4.90 Å². The highest BCUT2D eigenvalue weighted by molar-refractivity contribution is 7.92. The first-order chi connectivity index (χ1) is 17.1. The number of benzene rings is 2. The summed E-state index contributed by atoms with van der Waals surface area (Å²) in [5, 5.41) is 10.4. The monoisotopic (exact) mass is 544 g/mol. The number of hydrogen-bond donors (Lipinski definition) is 3. The van der Waals surface area contributed by atoms with Gasteiger partial charge in [-0.05, 0) is 41.8 Å². The molecule has 1 aliphatic heterocycles. The Balaban J connectivity index is 0.000000604. The van der Waals surface area contributed by atoms with Gasteiger partial charge in [0.1, 0.15) is 0 Å². The summed E-state index contributed by atoms with van der Waals surface area (Å²) in [5.74, 6) is -2.61. The maximum Gasteiger partial charge on any atom is 0.490 e. The van der Waals surface area contributed by atoms with Crippen LogP contribution in [0.25, 0.3) is 0 Å². The van der Waals surface area contributed by atoms with Crippen LogP contribution in [0, 0.1) is 0 Å². The van der Waals surface area contributed by atoms with Crippen molar-refractivity contribution in [2.75, 3.05) is 49.9 Å². The third-order valence-electron chi connectivity index (χ3n) is 5.45. The lowest BCUT2D eigenvalue weighted by molar-refractivity contribution is -0.192. The number of piperazine rings is 1. The van der Waals surface area contributed by atoms with Crippen molar-refractivity contribution >= 4 is 33.3 Å². The maximum absolute atomic E-state index is 13.1. The van der Waals surface area contributed by atoms with Crippen LogP contribution in [0.15, 0.2) is 47.4 Å². The second kappa shape index (κ2) is 12.3. The Bertz CT molecular complexity index is 1190. The summed E-state index contributed by atoms with van der Waals surface area (Å²) in [6.45, 7) is 7.30. The number of sulfonamides is 1. The number of hydrogen-bond acceptors (Lipinski definition) is 6. The molecule has 9 nitrogen and oxygen atoms in total. The number of carbonyl (C=O) groups is 2. The van der Waals surface area contributed by atoms with Crippen LogP contribution in [0.5, 0.6) is 0 Å². The molecule has 0 spiro atoms. The molecule has 0 radical (unpaired) electrons. The molecule has 1 aliphatic rings. The highest BCUT2D eigenvalue weighted by Gasteiger charge is 2.38. The van der Waals surface area contributed by atoms with Gasteiger partial charge in [0.2, 0.25) is 0 Å². The van der Waals surface area contributed by atoms with Gasteiger partial charge in [0, 0.05) is 45.8 Å². The Morgan fingerprint density at radius 2 is 1.59 bits per heavy atom. The smallest absolute Gasteiger partial charge is 0.475 e. The van der Waals surface area contributed by atoms with Crippen molar-refractivity contribution < 1.29 is 36.3 Å². The molecule has 1 heterocycles. The van der Waals surface area contributed by atoms with Gasteiger partial charge in [0.05, 0.1) is 16.3 Å². The Hall–Kier alpha value is -3.32. The predicted molar refractivity (Wildman–Crippen MR) is 135 cm³/mol. The number of rotatable bonds is 6. The highest BCUT2D eigenvalue weighted by Crippen LogP contribution is 2.30. The zero-order valence-electron chi connectivity index (χ0n) is 21.0. The number of amides is 1. The molecule has 3 rings (SSSR count). The van der Waals surface area contributed by atoms with Crippen LogP contribution in [-0.2, 0) is 14.8 Å². The number of carboxylic acid groups (broad SMARTS) is 1. The van der Waals surface area contributed by atoms with Gasteiger partial charge >= 0.3 is 12.1 Å². The van der Waals surface area contributed by atoms with Crippen molar-refractivity contribution in [3.05, 3.63) is 53.6 Å². The first-order valence-electron chi connectivity index (χ1n) is 11.4. The number of alkyl halides is 3. The first kappa shape index (κ1) is 29.9. The van der Waals surface area contributed by atoms with Gasteiger partial charge in [-0.15, -0.1) is 0 Å². The molecule has 3 N–H and O–H groups in total. The van der Waals surface area contributed by atoms with Gasteiger partial charge in [-0.3, -0.25) is 9.52 Å². The third kappa shape index (κ3) is 8.35. The fourth-order valence-corrected chi connectivity index (χ4v) is 4.49. The summed E-state index contributed by atoms with van der Waals surface area (Å²) < 4.78 is 60.6. The largest absolute Gasteiger partial charge is 0.490 e. The van der Waals surface area contributed by atoms with Gasteiger partial charge in [0.25, 0.3) is 15.9 Å². The molecule has 0 atom stereocenters. The van der Waals surface area contributed by atoms with Crippen LogP contribution >= 0.6 is 0 Å². The minimum absolute atomic E-state index is 0.177. The van der Waals surface area contributed by atoms with Gasteiger partial charge in [-0.25, -0.2) is 13.2 Å². The van der Waals surface area contributed by atoms with E-state index in [9.17, 15) is 26.4 Å². The third-order valence-corrected chi connectivity index (χ3v) is 6.83. The summed E-state index contributed by atoms with van der Waals surface area (Å²) in [6, 6.07) is 12.1. The molecule has 0 unspecified atom stereocenters. The number of carbonyl (C=O) groups excluding carboxylic acids is 1. The fraction of sp³-hybridized carbons (Fsp3) is 0.417.